The van der Waals surface area contributed by atoms with E-state index in [9.17, 15) is 14.9 Å². The zero-order valence-electron chi connectivity index (χ0n) is 16.0. The van der Waals surface area contributed by atoms with E-state index in [1.807, 2.05) is 56.0 Å². The van der Waals surface area contributed by atoms with E-state index in [1.165, 1.54) is 0 Å². The molecule has 1 fully saturated rings. The summed E-state index contributed by atoms with van der Waals surface area (Å²) in [5.41, 5.74) is -0.190. The summed E-state index contributed by atoms with van der Waals surface area (Å²) in [5.74, 6) is -0.103. The molecule has 1 aliphatic rings. The Morgan fingerprint density at radius 1 is 1.12 bits per heavy atom. The summed E-state index contributed by atoms with van der Waals surface area (Å²) in [6.45, 7) is 9.89. The maximum Gasteiger partial charge on any atom is 0.253 e. The molecule has 0 saturated carbocycles. The molecule has 140 valence electrons. The molecule has 1 saturated heterocycles. The summed E-state index contributed by atoms with van der Waals surface area (Å²) in [7, 11) is 0. The molecule has 2 atom stereocenters. The smallest absolute Gasteiger partial charge is 0.253 e. The molecule has 2 amide bonds. The molecule has 0 radical (unpaired) electrons. The largest absolute Gasteiger partial charge is 0.336 e. The molecule has 1 aromatic rings. The van der Waals surface area contributed by atoms with Gasteiger partial charge in [-0.3, -0.25) is 14.5 Å². The summed E-state index contributed by atoms with van der Waals surface area (Å²) in [4.78, 5) is 29.0. The number of nitriles is 1. The Kier molecular flexibility index (Phi) is 6.38. The Morgan fingerprint density at radius 3 is 2.19 bits per heavy atom. The third kappa shape index (κ3) is 4.41. The Morgan fingerprint density at radius 2 is 1.69 bits per heavy atom. The molecule has 1 N–H and O–H groups in total. The van der Waals surface area contributed by atoms with Crippen molar-refractivity contribution in [3.8, 4) is 6.07 Å². The van der Waals surface area contributed by atoms with Crippen LogP contribution in [0.1, 0.15) is 38.1 Å². The average molecular weight is 356 g/mol. The first-order valence-electron chi connectivity index (χ1n) is 9.10. The summed E-state index contributed by atoms with van der Waals surface area (Å²) in [6, 6.07) is 11.1. The Hall–Kier alpha value is -2.39. The fraction of sp³-hybridized carbons (Fsp3) is 0.550. The lowest BCUT2D eigenvalue weighted by molar-refractivity contribution is -0.128. The molecule has 0 aromatic heterocycles. The van der Waals surface area contributed by atoms with Crippen LogP contribution < -0.4 is 5.32 Å². The fourth-order valence-corrected chi connectivity index (χ4v) is 2.90. The lowest BCUT2D eigenvalue weighted by Gasteiger charge is -2.38. The lowest BCUT2D eigenvalue weighted by atomic mass is 9.89. The molecular formula is C20H28N4O2. The molecule has 0 unspecified atom stereocenters. The zero-order valence-corrected chi connectivity index (χ0v) is 16.0. The second-order valence-corrected chi connectivity index (χ2v) is 7.33. The zero-order chi connectivity index (χ0) is 19.3. The van der Waals surface area contributed by atoms with Gasteiger partial charge >= 0.3 is 0 Å². The second-order valence-electron chi connectivity index (χ2n) is 7.33. The third-order valence-corrected chi connectivity index (χ3v) is 5.32. The molecule has 0 spiro atoms. The van der Waals surface area contributed by atoms with E-state index >= 15 is 0 Å². The Labute approximate surface area is 155 Å². The molecule has 1 heterocycles. The van der Waals surface area contributed by atoms with Crippen LogP contribution in [-0.2, 0) is 4.79 Å². The Bertz CT molecular complexity index is 675. The number of nitrogens with zero attached hydrogens (tertiary/aromatic N) is 3. The fourth-order valence-electron chi connectivity index (χ4n) is 2.90. The monoisotopic (exact) mass is 356 g/mol. The molecule has 1 aromatic carbocycles. The lowest BCUT2D eigenvalue weighted by Crippen LogP contribution is -2.58. The van der Waals surface area contributed by atoms with E-state index in [0.717, 1.165) is 0 Å². The van der Waals surface area contributed by atoms with Crippen molar-refractivity contribution in [3.05, 3.63) is 35.9 Å². The first-order chi connectivity index (χ1) is 12.3. The van der Waals surface area contributed by atoms with Crippen molar-refractivity contribution in [2.75, 3.05) is 26.2 Å². The minimum Gasteiger partial charge on any atom is -0.336 e. The van der Waals surface area contributed by atoms with Crippen LogP contribution in [0.15, 0.2) is 30.3 Å². The van der Waals surface area contributed by atoms with Gasteiger partial charge in [0.1, 0.15) is 5.54 Å². The summed E-state index contributed by atoms with van der Waals surface area (Å²) < 4.78 is 0. The molecule has 2 rings (SSSR count). The van der Waals surface area contributed by atoms with E-state index < -0.39 is 5.54 Å². The van der Waals surface area contributed by atoms with Crippen LogP contribution in [-0.4, -0.2) is 59.4 Å². The third-order valence-electron chi connectivity index (χ3n) is 5.32. The molecule has 6 heteroatoms. The average Bonchev–Trinajstić information content (AvgIpc) is 2.67. The van der Waals surface area contributed by atoms with Crippen LogP contribution >= 0.6 is 0 Å². The number of benzene rings is 1. The molecule has 1 aliphatic heterocycles. The van der Waals surface area contributed by atoms with Crippen LogP contribution in [0.2, 0.25) is 0 Å². The van der Waals surface area contributed by atoms with Gasteiger partial charge < -0.3 is 10.2 Å². The number of piperazine rings is 1. The van der Waals surface area contributed by atoms with E-state index in [0.29, 0.717) is 31.7 Å². The van der Waals surface area contributed by atoms with E-state index in [1.54, 1.807) is 6.92 Å². The maximum atomic E-state index is 12.6. The quantitative estimate of drug-likeness (QED) is 0.874. The van der Waals surface area contributed by atoms with Gasteiger partial charge in [0.15, 0.2) is 0 Å². The molecule has 0 bridgehead atoms. The highest BCUT2D eigenvalue weighted by Crippen LogP contribution is 2.17. The van der Waals surface area contributed by atoms with Crippen molar-refractivity contribution >= 4 is 11.8 Å². The number of carbonyl (C=O) groups excluding carboxylic acids is 2. The normalized spacial score (nSPS) is 18.7. The van der Waals surface area contributed by atoms with Crippen molar-refractivity contribution < 1.29 is 9.59 Å². The second kappa shape index (κ2) is 8.33. The molecular weight excluding hydrogens is 328 g/mol. The Balaban J connectivity index is 1.92. The number of carbonyl (C=O) groups is 2. The predicted octanol–water partition coefficient (Wildman–Crippen LogP) is 1.89. The number of hydrogen-bond acceptors (Lipinski definition) is 4. The first kappa shape index (κ1) is 19.9. The van der Waals surface area contributed by atoms with Gasteiger partial charge in [0.05, 0.1) is 12.1 Å². The number of amides is 2. The number of hydrogen-bond donors (Lipinski definition) is 1. The van der Waals surface area contributed by atoms with Crippen LogP contribution in [0.4, 0.5) is 0 Å². The molecule has 6 nitrogen and oxygen atoms in total. The highest BCUT2D eigenvalue weighted by atomic mass is 16.2. The van der Waals surface area contributed by atoms with E-state index in [2.05, 4.69) is 16.3 Å². The first-order valence-corrected chi connectivity index (χ1v) is 9.10. The van der Waals surface area contributed by atoms with Crippen molar-refractivity contribution in [1.82, 2.24) is 15.1 Å². The molecule has 26 heavy (non-hydrogen) atoms. The SMILES string of the molecule is CC(C)[C@](C)(C#N)NC(=O)[C@H](C)N1CCN(C(=O)c2ccccc2)CC1. The minimum absolute atomic E-state index is 0.0176. The maximum absolute atomic E-state index is 12.6. The summed E-state index contributed by atoms with van der Waals surface area (Å²) in [5, 5.41) is 12.3. The number of nitrogens with one attached hydrogen (secondary N) is 1. The summed E-state index contributed by atoms with van der Waals surface area (Å²) in [6.07, 6.45) is 0. The predicted molar refractivity (Wildman–Crippen MR) is 100 cm³/mol. The van der Waals surface area contributed by atoms with Crippen molar-refractivity contribution in [3.63, 3.8) is 0 Å². The van der Waals surface area contributed by atoms with Gasteiger partial charge in [0.25, 0.3) is 5.91 Å². The van der Waals surface area contributed by atoms with Crippen molar-refractivity contribution in [2.45, 2.75) is 39.3 Å². The van der Waals surface area contributed by atoms with Crippen LogP contribution in [0.25, 0.3) is 0 Å². The summed E-state index contributed by atoms with van der Waals surface area (Å²) >= 11 is 0. The van der Waals surface area contributed by atoms with Gasteiger partial charge in [0, 0.05) is 31.7 Å². The van der Waals surface area contributed by atoms with E-state index in [-0.39, 0.29) is 23.8 Å². The van der Waals surface area contributed by atoms with Crippen LogP contribution in [0, 0.1) is 17.2 Å². The van der Waals surface area contributed by atoms with Crippen LogP contribution in [0.3, 0.4) is 0 Å². The van der Waals surface area contributed by atoms with Crippen LogP contribution in [0.5, 0.6) is 0 Å². The van der Waals surface area contributed by atoms with Crippen molar-refractivity contribution in [2.24, 2.45) is 5.92 Å². The van der Waals surface area contributed by atoms with Gasteiger partial charge in [-0.05, 0) is 31.9 Å². The van der Waals surface area contributed by atoms with E-state index in [4.69, 9.17) is 0 Å². The van der Waals surface area contributed by atoms with Gasteiger partial charge in [-0.25, -0.2) is 0 Å². The minimum atomic E-state index is -0.879. The van der Waals surface area contributed by atoms with Crippen molar-refractivity contribution in [1.29, 1.82) is 5.26 Å². The molecule has 0 aliphatic carbocycles. The van der Waals surface area contributed by atoms with Gasteiger partial charge in [-0.15, -0.1) is 0 Å². The highest BCUT2D eigenvalue weighted by Gasteiger charge is 2.34. The number of rotatable bonds is 5. The standard InChI is InChI=1S/C20H28N4O2/c1-15(2)20(4,14-21)22-18(25)16(3)23-10-12-24(13-11-23)19(26)17-8-6-5-7-9-17/h5-9,15-16H,10-13H2,1-4H3,(H,22,25)/t16-,20-/m0/s1. The van der Waals surface area contributed by atoms with Gasteiger partial charge in [-0.1, -0.05) is 32.0 Å². The highest BCUT2D eigenvalue weighted by molar-refractivity contribution is 5.94. The topological polar surface area (TPSA) is 76.4 Å². The van der Waals surface area contributed by atoms with Gasteiger partial charge in [0.2, 0.25) is 5.91 Å². The van der Waals surface area contributed by atoms with Gasteiger partial charge in [-0.2, -0.15) is 5.26 Å².